The molecule has 1 saturated heterocycles. The van der Waals surface area contributed by atoms with Gasteiger partial charge in [0.15, 0.2) is 0 Å². The van der Waals surface area contributed by atoms with Gasteiger partial charge in [-0.15, -0.1) is 11.3 Å². The number of esters is 1. The third-order valence-corrected chi connectivity index (χ3v) is 6.99. The van der Waals surface area contributed by atoms with E-state index in [4.69, 9.17) is 9.47 Å². The maximum absolute atomic E-state index is 12.9. The molecule has 0 bridgehead atoms. The molecule has 1 fully saturated rings. The van der Waals surface area contributed by atoms with E-state index in [2.05, 4.69) is 5.32 Å². The first-order valence-corrected chi connectivity index (χ1v) is 11.9. The summed E-state index contributed by atoms with van der Waals surface area (Å²) in [6.45, 7) is 2.92. The van der Waals surface area contributed by atoms with Crippen LogP contribution >= 0.6 is 11.3 Å². The highest BCUT2D eigenvalue weighted by Crippen LogP contribution is 2.30. The number of carbonyl (C=O) groups excluding carboxylic acids is 4. The van der Waals surface area contributed by atoms with Crippen molar-refractivity contribution in [3.8, 4) is 0 Å². The number of fused-ring (bicyclic) bond motifs is 2. The summed E-state index contributed by atoms with van der Waals surface area (Å²) in [4.78, 5) is 52.1. The van der Waals surface area contributed by atoms with E-state index in [0.717, 1.165) is 22.9 Å². The van der Waals surface area contributed by atoms with E-state index in [-0.39, 0.29) is 35.7 Å². The summed E-state index contributed by atoms with van der Waals surface area (Å²) >= 11 is 1.32. The molecule has 2 aliphatic heterocycles. The van der Waals surface area contributed by atoms with Gasteiger partial charge >= 0.3 is 5.97 Å². The van der Waals surface area contributed by atoms with Gasteiger partial charge in [-0.1, -0.05) is 0 Å². The summed E-state index contributed by atoms with van der Waals surface area (Å²) in [7, 11) is 0. The van der Waals surface area contributed by atoms with Crippen LogP contribution in [-0.2, 0) is 9.47 Å². The number of thiophene rings is 1. The van der Waals surface area contributed by atoms with E-state index >= 15 is 0 Å². The molecule has 174 valence electrons. The molecule has 3 amide bonds. The van der Waals surface area contributed by atoms with Crippen LogP contribution in [0.5, 0.6) is 0 Å². The van der Waals surface area contributed by atoms with E-state index < -0.39 is 11.8 Å². The summed E-state index contributed by atoms with van der Waals surface area (Å²) in [5, 5.41) is 3.63. The Kier molecular flexibility index (Phi) is 5.89. The molecule has 3 heterocycles. The quantitative estimate of drug-likeness (QED) is 0.423. The fourth-order valence-corrected chi connectivity index (χ4v) is 5.15. The second kappa shape index (κ2) is 9.00. The van der Waals surface area contributed by atoms with E-state index in [1.165, 1.54) is 34.4 Å². The minimum Gasteiger partial charge on any atom is -0.462 e. The summed E-state index contributed by atoms with van der Waals surface area (Å²) in [6.07, 6.45) is 1.59. The Morgan fingerprint density at radius 3 is 2.71 bits per heavy atom. The van der Waals surface area contributed by atoms with Gasteiger partial charge in [-0.05, 0) is 67.6 Å². The minimum atomic E-state index is -0.406. The smallest absolute Gasteiger partial charge is 0.348 e. The molecule has 2 aromatic carbocycles. The highest BCUT2D eigenvalue weighted by atomic mass is 32.1. The fourth-order valence-electron chi connectivity index (χ4n) is 4.22. The van der Waals surface area contributed by atoms with Crippen molar-refractivity contribution >= 4 is 50.8 Å². The largest absolute Gasteiger partial charge is 0.462 e. The molecule has 0 radical (unpaired) electrons. The van der Waals surface area contributed by atoms with E-state index in [1.807, 2.05) is 6.07 Å². The Morgan fingerprint density at radius 2 is 1.94 bits per heavy atom. The van der Waals surface area contributed by atoms with Gasteiger partial charge in [0.25, 0.3) is 17.7 Å². The summed E-state index contributed by atoms with van der Waals surface area (Å²) in [6, 6.07) is 11.6. The van der Waals surface area contributed by atoms with Crippen LogP contribution in [0.1, 0.15) is 60.5 Å². The first-order valence-electron chi connectivity index (χ1n) is 11.1. The van der Waals surface area contributed by atoms with Crippen LogP contribution in [0, 0.1) is 0 Å². The lowest BCUT2D eigenvalue weighted by atomic mass is 10.1. The van der Waals surface area contributed by atoms with Gasteiger partial charge in [0.2, 0.25) is 0 Å². The first-order chi connectivity index (χ1) is 16.4. The second-order valence-electron chi connectivity index (χ2n) is 8.15. The van der Waals surface area contributed by atoms with Gasteiger partial charge in [0.05, 0.1) is 30.4 Å². The van der Waals surface area contributed by atoms with Crippen molar-refractivity contribution in [1.82, 2.24) is 4.90 Å². The van der Waals surface area contributed by atoms with Crippen molar-refractivity contribution in [2.24, 2.45) is 0 Å². The van der Waals surface area contributed by atoms with Crippen molar-refractivity contribution < 1.29 is 28.7 Å². The van der Waals surface area contributed by atoms with E-state index in [1.54, 1.807) is 25.1 Å². The van der Waals surface area contributed by atoms with Crippen molar-refractivity contribution in [1.29, 1.82) is 0 Å². The molecule has 3 aromatic rings. The maximum atomic E-state index is 12.9. The second-order valence-corrected chi connectivity index (χ2v) is 9.24. The minimum absolute atomic E-state index is 0.138. The molecule has 1 unspecified atom stereocenters. The number of nitrogens with zero attached hydrogens (tertiary/aromatic N) is 1. The van der Waals surface area contributed by atoms with Crippen LogP contribution in [0.3, 0.4) is 0 Å². The molecule has 5 rings (SSSR count). The van der Waals surface area contributed by atoms with Gasteiger partial charge in [-0.3, -0.25) is 19.3 Å². The topological polar surface area (TPSA) is 102 Å². The number of ether oxygens (including phenoxy) is 2. The summed E-state index contributed by atoms with van der Waals surface area (Å²) in [5.41, 5.74) is 1.35. The van der Waals surface area contributed by atoms with Crippen LogP contribution in [-0.4, -0.2) is 54.5 Å². The Labute approximate surface area is 199 Å². The maximum Gasteiger partial charge on any atom is 0.348 e. The van der Waals surface area contributed by atoms with Crippen molar-refractivity contribution in [2.75, 3.05) is 25.1 Å². The molecular weight excluding hydrogens is 456 g/mol. The van der Waals surface area contributed by atoms with Crippen LogP contribution in [0.25, 0.3) is 10.1 Å². The Bertz CT molecular complexity index is 1320. The van der Waals surface area contributed by atoms with Gasteiger partial charge in [0.1, 0.15) is 4.88 Å². The average molecular weight is 479 g/mol. The van der Waals surface area contributed by atoms with E-state index in [0.29, 0.717) is 29.3 Å². The predicted octanol–water partition coefficient (Wildman–Crippen LogP) is 4.11. The Hall–Kier alpha value is -3.56. The summed E-state index contributed by atoms with van der Waals surface area (Å²) in [5.74, 6) is -1.54. The number of imide groups is 1. The van der Waals surface area contributed by atoms with Crippen molar-refractivity contribution in [2.45, 2.75) is 25.9 Å². The molecule has 34 heavy (non-hydrogen) atoms. The third-order valence-electron chi connectivity index (χ3n) is 5.89. The fraction of sp³-hybridized carbons (Fsp3) is 0.280. The van der Waals surface area contributed by atoms with Crippen molar-refractivity contribution in [3.05, 3.63) is 64.0 Å². The number of rotatable bonds is 6. The lowest BCUT2D eigenvalue weighted by Gasteiger charge is -2.17. The van der Waals surface area contributed by atoms with Gasteiger partial charge in [0, 0.05) is 22.6 Å². The lowest BCUT2D eigenvalue weighted by Crippen LogP contribution is -2.36. The van der Waals surface area contributed by atoms with Crippen LogP contribution in [0.2, 0.25) is 0 Å². The van der Waals surface area contributed by atoms with Gasteiger partial charge in [-0.25, -0.2) is 4.79 Å². The van der Waals surface area contributed by atoms with Crippen LogP contribution in [0.15, 0.2) is 42.5 Å². The highest BCUT2D eigenvalue weighted by molar-refractivity contribution is 7.20. The standard InChI is InChI=1S/C25H22N2O6S/c1-2-32-25(31)21-12-15-10-16(6-8-20(15)34-21)26-22(28)14-5-7-18-19(11-14)24(30)27(23(18)29)13-17-4-3-9-33-17/h5-8,10-12,17H,2-4,9,13H2,1H3,(H,26,28). The van der Waals surface area contributed by atoms with Crippen molar-refractivity contribution in [3.63, 3.8) is 0 Å². The molecule has 9 heteroatoms. The molecule has 8 nitrogen and oxygen atoms in total. The zero-order chi connectivity index (χ0) is 23.8. The lowest BCUT2D eigenvalue weighted by molar-refractivity contribution is 0.0474. The molecule has 1 atom stereocenters. The van der Waals surface area contributed by atoms with E-state index in [9.17, 15) is 19.2 Å². The SMILES string of the molecule is CCOC(=O)c1cc2cc(NC(=O)c3ccc4c(c3)C(=O)N(CC3CCCO3)C4=O)ccc2s1. The highest BCUT2D eigenvalue weighted by Gasteiger charge is 2.38. The first kappa shape index (κ1) is 22.2. The molecule has 0 saturated carbocycles. The van der Waals surface area contributed by atoms with Crippen LogP contribution < -0.4 is 5.32 Å². The molecule has 2 aliphatic rings. The Morgan fingerprint density at radius 1 is 1.12 bits per heavy atom. The molecule has 0 aliphatic carbocycles. The average Bonchev–Trinajstić information content (AvgIpc) is 3.55. The van der Waals surface area contributed by atoms with Crippen LogP contribution in [0.4, 0.5) is 5.69 Å². The monoisotopic (exact) mass is 478 g/mol. The number of hydrogen-bond donors (Lipinski definition) is 1. The molecule has 0 spiro atoms. The molecule has 1 N–H and O–H groups in total. The number of anilines is 1. The predicted molar refractivity (Wildman–Crippen MR) is 127 cm³/mol. The molecule has 1 aromatic heterocycles. The number of hydrogen-bond acceptors (Lipinski definition) is 7. The number of nitrogens with one attached hydrogen (secondary N) is 1. The number of carbonyl (C=O) groups is 4. The zero-order valence-corrected chi connectivity index (χ0v) is 19.3. The zero-order valence-electron chi connectivity index (χ0n) is 18.5. The Balaban J connectivity index is 1.33. The third kappa shape index (κ3) is 4.08. The normalized spacial score (nSPS) is 17.3. The number of amides is 3. The van der Waals surface area contributed by atoms with Gasteiger partial charge < -0.3 is 14.8 Å². The number of benzene rings is 2. The van der Waals surface area contributed by atoms with Gasteiger partial charge in [-0.2, -0.15) is 0 Å². The summed E-state index contributed by atoms with van der Waals surface area (Å²) < 4.78 is 11.5. The molecular formula is C25H22N2O6S.